The molecule has 0 bridgehead atoms. The SMILES string of the molecule is CC[C@H](c1nc(C2(NC(=O)OC(C)(C)C)CCCC2)no1)N(C)C. The number of aromatic nitrogens is 2. The second-order valence-corrected chi connectivity index (χ2v) is 7.76. The Labute approximate surface area is 144 Å². The Kier molecular flexibility index (Phi) is 5.52. The zero-order chi connectivity index (χ0) is 18.0. The van der Waals surface area contributed by atoms with Gasteiger partial charge < -0.3 is 14.6 Å². The van der Waals surface area contributed by atoms with Crippen LogP contribution >= 0.6 is 0 Å². The third-order valence-corrected chi connectivity index (χ3v) is 4.36. The molecule has 1 amide bonds. The van der Waals surface area contributed by atoms with Crippen molar-refractivity contribution < 1.29 is 14.1 Å². The van der Waals surface area contributed by atoms with Crippen LogP contribution in [-0.4, -0.2) is 40.8 Å². The first-order valence-corrected chi connectivity index (χ1v) is 8.68. The summed E-state index contributed by atoms with van der Waals surface area (Å²) in [6, 6.07) is 0.0752. The van der Waals surface area contributed by atoms with Gasteiger partial charge in [-0.1, -0.05) is 24.9 Å². The second kappa shape index (κ2) is 7.09. The van der Waals surface area contributed by atoms with E-state index < -0.39 is 17.2 Å². The van der Waals surface area contributed by atoms with E-state index in [0.29, 0.717) is 11.7 Å². The molecule has 1 aromatic rings. The predicted molar refractivity (Wildman–Crippen MR) is 90.5 cm³/mol. The van der Waals surface area contributed by atoms with E-state index in [1.165, 1.54) is 0 Å². The molecule has 7 nitrogen and oxygen atoms in total. The van der Waals surface area contributed by atoms with E-state index in [1.54, 1.807) is 0 Å². The van der Waals surface area contributed by atoms with E-state index in [1.807, 2.05) is 34.9 Å². The Morgan fingerprint density at radius 3 is 2.50 bits per heavy atom. The lowest BCUT2D eigenvalue weighted by Crippen LogP contribution is -2.46. The normalized spacial score (nSPS) is 18.6. The molecule has 1 aromatic heterocycles. The van der Waals surface area contributed by atoms with Gasteiger partial charge in [-0.15, -0.1) is 0 Å². The molecule has 0 saturated heterocycles. The summed E-state index contributed by atoms with van der Waals surface area (Å²) in [6.07, 6.45) is 4.07. The molecule has 0 aromatic carbocycles. The summed E-state index contributed by atoms with van der Waals surface area (Å²) in [4.78, 5) is 18.9. The zero-order valence-corrected chi connectivity index (χ0v) is 15.7. The van der Waals surface area contributed by atoms with Gasteiger partial charge in [0.1, 0.15) is 11.1 Å². The second-order valence-electron chi connectivity index (χ2n) is 7.76. The lowest BCUT2D eigenvalue weighted by molar-refractivity contribution is 0.0446. The quantitative estimate of drug-likeness (QED) is 0.886. The molecule has 1 saturated carbocycles. The van der Waals surface area contributed by atoms with Gasteiger partial charge in [-0.2, -0.15) is 4.98 Å². The standard InChI is InChI=1S/C17H30N4O3/c1-7-12(21(5)6)13-18-14(20-24-13)17(10-8-9-11-17)19-15(22)23-16(2,3)4/h12H,7-11H2,1-6H3,(H,19,22)/t12-/m1/s1. The van der Waals surface area contributed by atoms with Crippen molar-refractivity contribution in [1.82, 2.24) is 20.4 Å². The van der Waals surface area contributed by atoms with Crippen molar-refractivity contribution in [2.75, 3.05) is 14.1 Å². The van der Waals surface area contributed by atoms with Gasteiger partial charge in [-0.3, -0.25) is 4.90 Å². The molecule has 1 N–H and O–H groups in total. The van der Waals surface area contributed by atoms with Gasteiger partial charge in [0.05, 0.1) is 6.04 Å². The van der Waals surface area contributed by atoms with Gasteiger partial charge in [0.2, 0.25) is 5.89 Å². The summed E-state index contributed by atoms with van der Waals surface area (Å²) in [7, 11) is 3.98. The molecule has 1 atom stereocenters. The first-order chi connectivity index (χ1) is 11.2. The number of alkyl carbamates (subject to hydrolysis) is 1. The van der Waals surface area contributed by atoms with Crippen LogP contribution in [0.1, 0.15) is 77.6 Å². The number of nitrogens with one attached hydrogen (secondary N) is 1. The fraction of sp³-hybridized carbons (Fsp3) is 0.824. The summed E-state index contributed by atoms with van der Waals surface area (Å²) in [5.74, 6) is 1.15. The van der Waals surface area contributed by atoms with Crippen molar-refractivity contribution in [2.24, 2.45) is 0 Å². The van der Waals surface area contributed by atoms with E-state index in [9.17, 15) is 4.79 Å². The van der Waals surface area contributed by atoms with Crippen LogP contribution in [0.5, 0.6) is 0 Å². The smallest absolute Gasteiger partial charge is 0.408 e. The summed E-state index contributed by atoms with van der Waals surface area (Å²) in [6.45, 7) is 7.63. The van der Waals surface area contributed by atoms with Crippen LogP contribution < -0.4 is 5.32 Å². The van der Waals surface area contributed by atoms with Crippen LogP contribution in [-0.2, 0) is 10.3 Å². The fourth-order valence-corrected chi connectivity index (χ4v) is 3.21. The molecule has 1 aliphatic carbocycles. The van der Waals surface area contributed by atoms with Crippen LogP contribution in [0.4, 0.5) is 4.79 Å². The molecule has 0 radical (unpaired) electrons. The summed E-state index contributed by atoms with van der Waals surface area (Å²) >= 11 is 0. The minimum Gasteiger partial charge on any atom is -0.444 e. The summed E-state index contributed by atoms with van der Waals surface area (Å²) < 4.78 is 10.9. The number of carbonyl (C=O) groups is 1. The number of rotatable bonds is 5. The zero-order valence-electron chi connectivity index (χ0n) is 15.7. The highest BCUT2D eigenvalue weighted by Crippen LogP contribution is 2.38. The molecule has 2 rings (SSSR count). The highest BCUT2D eigenvalue weighted by molar-refractivity contribution is 5.69. The van der Waals surface area contributed by atoms with Gasteiger partial charge in [-0.05, 0) is 54.1 Å². The Hall–Kier alpha value is -1.63. The largest absolute Gasteiger partial charge is 0.444 e. The van der Waals surface area contributed by atoms with Gasteiger partial charge >= 0.3 is 6.09 Å². The van der Waals surface area contributed by atoms with Crippen LogP contribution in [0.25, 0.3) is 0 Å². The molecular weight excluding hydrogens is 308 g/mol. The number of hydrogen-bond donors (Lipinski definition) is 1. The molecule has 136 valence electrons. The maximum Gasteiger partial charge on any atom is 0.408 e. The number of nitrogens with zero attached hydrogens (tertiary/aromatic N) is 3. The third-order valence-electron chi connectivity index (χ3n) is 4.36. The first-order valence-electron chi connectivity index (χ1n) is 8.68. The van der Waals surface area contributed by atoms with Gasteiger partial charge in [0, 0.05) is 0 Å². The van der Waals surface area contributed by atoms with Crippen molar-refractivity contribution in [1.29, 1.82) is 0 Å². The van der Waals surface area contributed by atoms with Crippen molar-refractivity contribution in [3.8, 4) is 0 Å². The van der Waals surface area contributed by atoms with Crippen LogP contribution in [0.15, 0.2) is 4.52 Å². The number of hydrogen-bond acceptors (Lipinski definition) is 6. The molecular formula is C17H30N4O3. The van der Waals surface area contributed by atoms with E-state index in [0.717, 1.165) is 32.1 Å². The Bertz CT molecular complexity index is 556. The van der Waals surface area contributed by atoms with Crippen LogP contribution in [0, 0.1) is 0 Å². The molecule has 1 heterocycles. The van der Waals surface area contributed by atoms with Gasteiger partial charge in [0.25, 0.3) is 0 Å². The Balaban J connectivity index is 2.21. The van der Waals surface area contributed by atoms with E-state index in [-0.39, 0.29) is 6.04 Å². The molecule has 24 heavy (non-hydrogen) atoms. The molecule has 1 aliphatic rings. The van der Waals surface area contributed by atoms with Crippen LogP contribution in [0.3, 0.4) is 0 Å². The highest BCUT2D eigenvalue weighted by atomic mass is 16.6. The maximum absolute atomic E-state index is 12.3. The van der Waals surface area contributed by atoms with Crippen molar-refractivity contribution in [2.45, 2.75) is 77.0 Å². The van der Waals surface area contributed by atoms with Crippen LogP contribution in [0.2, 0.25) is 0 Å². The summed E-state index contributed by atoms with van der Waals surface area (Å²) in [5, 5.41) is 7.19. The molecule has 0 aliphatic heterocycles. The first kappa shape index (κ1) is 18.7. The average molecular weight is 338 g/mol. The monoisotopic (exact) mass is 338 g/mol. The molecule has 0 unspecified atom stereocenters. The number of carbonyl (C=O) groups excluding carboxylic acids is 1. The Morgan fingerprint density at radius 1 is 1.38 bits per heavy atom. The van der Waals surface area contributed by atoms with Crippen molar-refractivity contribution in [3.63, 3.8) is 0 Å². The lowest BCUT2D eigenvalue weighted by atomic mass is 9.97. The van der Waals surface area contributed by atoms with Crippen molar-refractivity contribution >= 4 is 6.09 Å². The molecule has 7 heteroatoms. The topological polar surface area (TPSA) is 80.5 Å². The molecule has 0 spiro atoms. The third kappa shape index (κ3) is 4.26. The molecule has 1 fully saturated rings. The minimum atomic E-state index is -0.589. The lowest BCUT2D eigenvalue weighted by Gasteiger charge is -2.29. The van der Waals surface area contributed by atoms with Gasteiger partial charge in [0.15, 0.2) is 5.82 Å². The number of ether oxygens (including phenoxy) is 1. The van der Waals surface area contributed by atoms with E-state index in [4.69, 9.17) is 9.26 Å². The van der Waals surface area contributed by atoms with Crippen molar-refractivity contribution in [3.05, 3.63) is 11.7 Å². The Morgan fingerprint density at radius 2 is 2.00 bits per heavy atom. The van der Waals surface area contributed by atoms with E-state index in [2.05, 4.69) is 27.3 Å². The fourth-order valence-electron chi connectivity index (χ4n) is 3.21. The van der Waals surface area contributed by atoms with Gasteiger partial charge in [-0.25, -0.2) is 4.79 Å². The predicted octanol–water partition coefficient (Wildman–Crippen LogP) is 3.38. The minimum absolute atomic E-state index is 0.0752. The summed E-state index contributed by atoms with van der Waals surface area (Å²) in [5.41, 5.74) is -1.13. The average Bonchev–Trinajstić information content (AvgIpc) is 3.07. The number of amides is 1. The highest BCUT2D eigenvalue weighted by Gasteiger charge is 2.42. The van der Waals surface area contributed by atoms with E-state index >= 15 is 0 Å². The maximum atomic E-state index is 12.3.